The highest BCUT2D eigenvalue weighted by Gasteiger charge is 2.75. The zero-order valence-corrected chi connectivity index (χ0v) is 20.9. The minimum atomic E-state index is -1.85. The fourth-order valence-electron chi connectivity index (χ4n) is 3.45. The van der Waals surface area contributed by atoms with Crippen molar-refractivity contribution in [3.8, 4) is 6.07 Å². The highest BCUT2D eigenvalue weighted by molar-refractivity contribution is 7.90. The number of nitriles is 1. The van der Waals surface area contributed by atoms with Crippen LogP contribution in [-0.4, -0.2) is 37.2 Å². The van der Waals surface area contributed by atoms with Gasteiger partial charge in [0.15, 0.2) is 8.37 Å². The summed E-state index contributed by atoms with van der Waals surface area (Å²) < 4.78 is 5.41. The summed E-state index contributed by atoms with van der Waals surface area (Å²) >= 11 is 0. The Labute approximate surface area is 164 Å². The maximum absolute atomic E-state index is 9.37. The predicted molar refractivity (Wildman–Crippen MR) is 118 cm³/mol. The zero-order valence-electron chi connectivity index (χ0n) is 19.2. The Morgan fingerprint density at radius 3 is 1.50 bits per heavy atom. The normalized spacial score (nSPS) is 26.5. The second kappa shape index (κ2) is 7.55. The van der Waals surface area contributed by atoms with Gasteiger partial charge in [-0.1, -0.05) is 8.88 Å². The van der Waals surface area contributed by atoms with Gasteiger partial charge in [-0.3, -0.25) is 5.09 Å². The van der Waals surface area contributed by atoms with Crippen LogP contribution in [0.1, 0.15) is 89.5 Å². The second-order valence-electron chi connectivity index (χ2n) is 11.3. The number of nitrogens with zero attached hydrogens (tertiary/aromatic N) is 3. The summed E-state index contributed by atoms with van der Waals surface area (Å²) in [5.74, 6) is 0. The minimum Gasteiger partial charge on any atom is -0.261 e. The Hall–Kier alpha value is 0.190. The van der Waals surface area contributed by atoms with Crippen LogP contribution in [0.5, 0.6) is 0 Å². The van der Waals surface area contributed by atoms with Crippen molar-refractivity contribution in [2.24, 2.45) is 0 Å². The lowest BCUT2D eigenvalue weighted by molar-refractivity contribution is 0.248. The number of hydrogen-bond donors (Lipinski definition) is 2. The molecule has 1 heterocycles. The van der Waals surface area contributed by atoms with Gasteiger partial charge < -0.3 is 0 Å². The molecule has 0 atom stereocenters. The third-order valence-electron chi connectivity index (χ3n) is 3.67. The van der Waals surface area contributed by atoms with Gasteiger partial charge in [0, 0.05) is 11.1 Å². The van der Waals surface area contributed by atoms with Gasteiger partial charge in [0.1, 0.15) is 6.16 Å². The standard InChI is InChI=1S/C19H42N5P2/c1-16(2,3)21-25-23(18(7,8)9)26(15-13-14-20,22-17(4,5)6)24(25)19(10,11)12/h21-22H,13,15H2,1-12H3/q+1. The zero-order chi connectivity index (χ0) is 20.8. The van der Waals surface area contributed by atoms with E-state index in [1.165, 1.54) is 0 Å². The average molecular weight is 403 g/mol. The molecule has 1 fully saturated rings. The van der Waals surface area contributed by atoms with Crippen LogP contribution >= 0.6 is 16.1 Å². The fraction of sp³-hybridized carbons (Fsp3) is 0.947. The molecule has 7 heteroatoms. The van der Waals surface area contributed by atoms with E-state index in [0.717, 1.165) is 6.16 Å². The van der Waals surface area contributed by atoms with Crippen LogP contribution in [0.2, 0.25) is 0 Å². The highest BCUT2D eigenvalue weighted by Crippen LogP contribution is 2.89. The molecule has 0 saturated carbocycles. The van der Waals surface area contributed by atoms with Crippen molar-refractivity contribution in [1.29, 1.82) is 5.26 Å². The van der Waals surface area contributed by atoms with Gasteiger partial charge >= 0.3 is 0 Å². The van der Waals surface area contributed by atoms with E-state index >= 15 is 0 Å². The molecule has 26 heavy (non-hydrogen) atoms. The van der Waals surface area contributed by atoms with Gasteiger partial charge in [-0.2, -0.15) is 10.3 Å². The molecule has 0 aromatic heterocycles. The summed E-state index contributed by atoms with van der Waals surface area (Å²) in [7, 11) is -2.50. The van der Waals surface area contributed by atoms with Gasteiger partial charge in [0.2, 0.25) is 7.71 Å². The number of rotatable bonds is 4. The fourth-order valence-corrected chi connectivity index (χ4v) is 13.6. The number of nitrogens with one attached hydrogen (secondary N) is 2. The molecule has 0 aliphatic carbocycles. The van der Waals surface area contributed by atoms with Crippen molar-refractivity contribution in [1.82, 2.24) is 19.1 Å². The van der Waals surface area contributed by atoms with Crippen LogP contribution in [0.15, 0.2) is 0 Å². The van der Waals surface area contributed by atoms with E-state index in [1.54, 1.807) is 0 Å². The SMILES string of the molecule is CC(C)(C)NP1N(C(C)(C)C)[P+](CCC#N)(NC(C)(C)C)N1C(C)(C)C. The smallest absolute Gasteiger partial charge is 0.239 e. The van der Waals surface area contributed by atoms with E-state index in [9.17, 15) is 5.26 Å². The summed E-state index contributed by atoms with van der Waals surface area (Å²) in [5, 5.41) is 17.3. The lowest BCUT2D eigenvalue weighted by Gasteiger charge is -2.65. The van der Waals surface area contributed by atoms with Crippen LogP contribution in [0, 0.1) is 11.3 Å². The largest absolute Gasteiger partial charge is 0.261 e. The average Bonchev–Trinajstić information content (AvgIpc) is 2.26. The lowest BCUT2D eigenvalue weighted by Crippen LogP contribution is -2.66. The van der Waals surface area contributed by atoms with Crippen LogP contribution in [0.25, 0.3) is 0 Å². The van der Waals surface area contributed by atoms with Crippen LogP contribution in [0.4, 0.5) is 0 Å². The van der Waals surface area contributed by atoms with Gasteiger partial charge in [-0.25, -0.2) is 0 Å². The Morgan fingerprint density at radius 2 is 1.23 bits per heavy atom. The summed E-state index contributed by atoms with van der Waals surface area (Å²) in [4.78, 5) is 0. The molecule has 0 radical (unpaired) electrons. The Balaban J connectivity index is 3.54. The summed E-state index contributed by atoms with van der Waals surface area (Å²) in [5.41, 5.74) is 0.0610. The molecule has 0 aromatic rings. The molecular formula is C19H42N5P2+. The minimum absolute atomic E-state index is 0.0145. The van der Waals surface area contributed by atoms with Crippen molar-refractivity contribution in [3.05, 3.63) is 0 Å². The Bertz CT molecular complexity index is 507. The first kappa shape index (κ1) is 24.2. The van der Waals surface area contributed by atoms with Gasteiger partial charge in [-0.05, 0) is 83.1 Å². The van der Waals surface area contributed by atoms with E-state index in [1.807, 2.05) is 0 Å². The Kier molecular flexibility index (Phi) is 7.03. The van der Waals surface area contributed by atoms with Crippen molar-refractivity contribution >= 4 is 16.1 Å². The van der Waals surface area contributed by atoms with Crippen molar-refractivity contribution in [2.45, 2.75) is 112 Å². The second-order valence-corrected chi connectivity index (χ2v) is 16.5. The molecule has 5 nitrogen and oxygen atoms in total. The third kappa shape index (κ3) is 5.60. The molecule has 0 aromatic carbocycles. The first-order chi connectivity index (χ1) is 11.4. The quantitative estimate of drug-likeness (QED) is 0.575. The first-order valence-corrected chi connectivity index (χ1v) is 12.7. The summed E-state index contributed by atoms with van der Waals surface area (Å²) in [6.07, 6.45) is 1.47. The molecule has 0 bridgehead atoms. The van der Waals surface area contributed by atoms with Crippen LogP contribution in [-0.2, 0) is 0 Å². The molecule has 1 saturated heterocycles. The maximum Gasteiger partial charge on any atom is 0.239 e. The Morgan fingerprint density at radius 1 is 0.808 bits per heavy atom. The molecule has 1 aliphatic rings. The van der Waals surface area contributed by atoms with Gasteiger partial charge in [0.05, 0.1) is 23.6 Å². The molecule has 0 spiro atoms. The van der Waals surface area contributed by atoms with Crippen molar-refractivity contribution < 1.29 is 0 Å². The summed E-state index contributed by atoms with van der Waals surface area (Å²) in [6, 6.07) is 2.41. The van der Waals surface area contributed by atoms with Crippen LogP contribution in [0.3, 0.4) is 0 Å². The molecule has 0 unspecified atom stereocenters. The van der Waals surface area contributed by atoms with E-state index < -0.39 is 16.1 Å². The third-order valence-corrected chi connectivity index (χ3v) is 13.6. The highest BCUT2D eigenvalue weighted by atomic mass is 31.3. The van der Waals surface area contributed by atoms with E-state index in [0.29, 0.717) is 6.42 Å². The molecule has 152 valence electrons. The number of hydrogen-bond acceptors (Lipinski definition) is 5. The first-order valence-electron chi connectivity index (χ1n) is 9.59. The molecular weight excluding hydrogens is 360 g/mol. The monoisotopic (exact) mass is 402 g/mol. The van der Waals surface area contributed by atoms with E-state index in [2.05, 4.69) is 108 Å². The van der Waals surface area contributed by atoms with Gasteiger partial charge in [0.25, 0.3) is 0 Å². The molecule has 2 N–H and O–H groups in total. The van der Waals surface area contributed by atoms with Crippen LogP contribution < -0.4 is 10.2 Å². The predicted octanol–water partition coefficient (Wildman–Crippen LogP) is 5.88. The summed E-state index contributed by atoms with van der Waals surface area (Å²) in [6.45, 7) is 27.2. The molecule has 1 rings (SSSR count). The topological polar surface area (TPSA) is 54.3 Å². The van der Waals surface area contributed by atoms with Gasteiger partial charge in [-0.15, -0.1) is 0 Å². The maximum atomic E-state index is 9.37. The van der Waals surface area contributed by atoms with E-state index in [4.69, 9.17) is 0 Å². The molecule has 1 aliphatic heterocycles. The molecule has 0 amide bonds. The lowest BCUT2D eigenvalue weighted by atomic mass is 10.1. The van der Waals surface area contributed by atoms with E-state index in [-0.39, 0.29) is 22.2 Å². The van der Waals surface area contributed by atoms with Crippen molar-refractivity contribution in [2.75, 3.05) is 6.16 Å². The van der Waals surface area contributed by atoms with Crippen molar-refractivity contribution in [3.63, 3.8) is 0 Å².